The van der Waals surface area contributed by atoms with Gasteiger partial charge in [-0.1, -0.05) is 20.8 Å². The Balaban J connectivity index is 2.09. The van der Waals surface area contributed by atoms with Crippen LogP contribution in [0.4, 0.5) is 0 Å². The highest BCUT2D eigenvalue weighted by molar-refractivity contribution is 5.84. The number of nitrogens with two attached hydrogens (primary N) is 1. The topological polar surface area (TPSA) is 145 Å². The standard InChI is InChI=1S/C26H48N4O5/c1-16-17-12-21(22(32)14-17)20(16)13-18(23(27)33)11-19(24(34)28-8-10-31)15-26(2,3)25(35)29-7-6-9-30(4)5/h16-22,31-32H,6-15H2,1-5H3,(H2,27,33)(H,28,34)(H,29,35). The van der Waals surface area contributed by atoms with Crippen molar-refractivity contribution in [1.29, 1.82) is 0 Å². The largest absolute Gasteiger partial charge is 0.395 e. The monoisotopic (exact) mass is 496 g/mol. The Morgan fingerprint density at radius 3 is 2.37 bits per heavy atom. The molecule has 6 N–H and O–H groups in total. The highest BCUT2D eigenvalue weighted by atomic mass is 16.3. The van der Waals surface area contributed by atoms with Gasteiger partial charge >= 0.3 is 0 Å². The van der Waals surface area contributed by atoms with Crippen LogP contribution in [0.1, 0.15) is 59.3 Å². The van der Waals surface area contributed by atoms with Crippen molar-refractivity contribution in [3.63, 3.8) is 0 Å². The number of primary amides is 1. The Hall–Kier alpha value is -1.71. The van der Waals surface area contributed by atoms with Crippen LogP contribution in [0.25, 0.3) is 0 Å². The molecule has 3 amide bonds. The Labute approximate surface area is 210 Å². The zero-order chi connectivity index (χ0) is 26.3. The fraction of sp³-hybridized carbons (Fsp3) is 0.885. The molecular weight excluding hydrogens is 448 g/mol. The Morgan fingerprint density at radius 2 is 1.80 bits per heavy atom. The smallest absolute Gasteiger partial charge is 0.225 e. The summed E-state index contributed by atoms with van der Waals surface area (Å²) in [6.07, 6.45) is 3.38. The van der Waals surface area contributed by atoms with Crippen LogP contribution in [0.2, 0.25) is 0 Å². The molecule has 0 aliphatic heterocycles. The van der Waals surface area contributed by atoms with Crippen LogP contribution in [0.3, 0.4) is 0 Å². The van der Waals surface area contributed by atoms with E-state index < -0.39 is 23.2 Å². The molecule has 2 aliphatic carbocycles. The summed E-state index contributed by atoms with van der Waals surface area (Å²) in [6, 6.07) is 0. The molecule has 7 atom stereocenters. The number of hydrogen-bond acceptors (Lipinski definition) is 6. The Kier molecular flexibility index (Phi) is 11.0. The minimum Gasteiger partial charge on any atom is -0.395 e. The van der Waals surface area contributed by atoms with E-state index in [4.69, 9.17) is 5.73 Å². The number of nitrogens with one attached hydrogen (secondary N) is 2. The van der Waals surface area contributed by atoms with Gasteiger partial charge in [-0.25, -0.2) is 0 Å². The van der Waals surface area contributed by atoms with Gasteiger partial charge in [0.2, 0.25) is 17.7 Å². The average molecular weight is 497 g/mol. The number of aliphatic hydroxyl groups is 2. The van der Waals surface area contributed by atoms with Crippen LogP contribution in [-0.2, 0) is 14.4 Å². The molecule has 0 heterocycles. The van der Waals surface area contributed by atoms with Crippen molar-refractivity contribution >= 4 is 17.7 Å². The quantitative estimate of drug-likeness (QED) is 0.211. The molecule has 2 aliphatic rings. The van der Waals surface area contributed by atoms with Gasteiger partial charge in [0.05, 0.1) is 12.7 Å². The zero-order valence-electron chi connectivity index (χ0n) is 22.3. The van der Waals surface area contributed by atoms with Crippen molar-refractivity contribution in [2.45, 2.75) is 65.4 Å². The predicted molar refractivity (Wildman–Crippen MR) is 135 cm³/mol. The van der Waals surface area contributed by atoms with Gasteiger partial charge in [-0.2, -0.15) is 0 Å². The Bertz CT molecular complexity index is 729. The van der Waals surface area contributed by atoms with Crippen molar-refractivity contribution in [3.05, 3.63) is 0 Å². The molecule has 9 nitrogen and oxygen atoms in total. The third-order valence-electron chi connectivity index (χ3n) is 8.33. The lowest BCUT2D eigenvalue weighted by Gasteiger charge is -2.35. The summed E-state index contributed by atoms with van der Waals surface area (Å²) in [4.78, 5) is 40.5. The van der Waals surface area contributed by atoms with E-state index in [9.17, 15) is 24.6 Å². The van der Waals surface area contributed by atoms with Crippen molar-refractivity contribution < 1.29 is 24.6 Å². The van der Waals surface area contributed by atoms with Crippen LogP contribution in [0, 0.1) is 40.9 Å². The van der Waals surface area contributed by atoms with E-state index in [0.717, 1.165) is 25.8 Å². The average Bonchev–Trinajstić information content (AvgIpc) is 3.30. The van der Waals surface area contributed by atoms with Crippen molar-refractivity contribution in [2.75, 3.05) is 40.3 Å². The van der Waals surface area contributed by atoms with Gasteiger partial charge < -0.3 is 31.5 Å². The maximum atomic E-state index is 13.0. The van der Waals surface area contributed by atoms with E-state index in [1.54, 1.807) is 0 Å². The van der Waals surface area contributed by atoms with Gasteiger partial charge in [-0.05, 0) is 82.8 Å². The second-order valence-corrected chi connectivity index (χ2v) is 11.8. The molecule has 2 rings (SSSR count). The second kappa shape index (κ2) is 13.0. The number of aliphatic hydroxyl groups excluding tert-OH is 2. The van der Waals surface area contributed by atoms with Gasteiger partial charge in [-0.15, -0.1) is 0 Å². The third kappa shape index (κ3) is 8.15. The van der Waals surface area contributed by atoms with E-state index in [1.165, 1.54) is 0 Å². The lowest BCUT2D eigenvalue weighted by molar-refractivity contribution is -0.133. The first-order valence-electron chi connectivity index (χ1n) is 13.2. The maximum absolute atomic E-state index is 13.0. The molecule has 9 heteroatoms. The first kappa shape index (κ1) is 29.5. The Morgan fingerprint density at radius 1 is 1.11 bits per heavy atom. The summed E-state index contributed by atoms with van der Waals surface area (Å²) in [7, 11) is 3.96. The van der Waals surface area contributed by atoms with Gasteiger partial charge in [0.25, 0.3) is 0 Å². The molecule has 0 saturated heterocycles. The van der Waals surface area contributed by atoms with Gasteiger partial charge in [0, 0.05) is 30.3 Å². The van der Waals surface area contributed by atoms with Crippen molar-refractivity contribution in [1.82, 2.24) is 15.5 Å². The number of amides is 3. The normalized spacial score (nSPS) is 27.6. The van der Waals surface area contributed by atoms with Crippen LogP contribution < -0.4 is 16.4 Å². The number of fused-ring (bicyclic) bond motifs is 2. The SMILES string of the molecule is CC1C2CC(O)C(C2)C1CC(CC(CC(C)(C)C(=O)NCCCN(C)C)C(=O)NCCO)C(N)=O. The first-order chi connectivity index (χ1) is 16.4. The number of hydrogen-bond donors (Lipinski definition) is 5. The summed E-state index contributed by atoms with van der Waals surface area (Å²) in [5, 5.41) is 25.3. The maximum Gasteiger partial charge on any atom is 0.225 e. The summed E-state index contributed by atoms with van der Waals surface area (Å²) in [5.74, 6) is -0.683. The second-order valence-electron chi connectivity index (χ2n) is 11.8. The summed E-state index contributed by atoms with van der Waals surface area (Å²) in [6.45, 7) is 7.16. The molecule has 7 unspecified atom stereocenters. The van der Waals surface area contributed by atoms with Crippen LogP contribution in [-0.4, -0.2) is 79.3 Å². The fourth-order valence-electron chi connectivity index (χ4n) is 6.26. The zero-order valence-corrected chi connectivity index (χ0v) is 22.3. The molecule has 0 radical (unpaired) electrons. The summed E-state index contributed by atoms with van der Waals surface area (Å²) >= 11 is 0. The molecule has 202 valence electrons. The molecule has 2 fully saturated rings. The van der Waals surface area contributed by atoms with Crippen LogP contribution >= 0.6 is 0 Å². The van der Waals surface area contributed by atoms with E-state index in [1.807, 2.05) is 27.9 Å². The first-order valence-corrected chi connectivity index (χ1v) is 13.2. The molecule has 0 aromatic heterocycles. The summed E-state index contributed by atoms with van der Waals surface area (Å²) in [5.41, 5.74) is 4.99. The predicted octanol–water partition coefficient (Wildman–Crippen LogP) is 0.730. The molecule has 0 aromatic carbocycles. The number of carbonyl (C=O) groups is 3. The molecule has 2 saturated carbocycles. The van der Waals surface area contributed by atoms with Crippen LogP contribution in [0.15, 0.2) is 0 Å². The minimum atomic E-state index is -0.822. The van der Waals surface area contributed by atoms with Gasteiger partial charge in [0.15, 0.2) is 0 Å². The molecule has 2 bridgehead atoms. The van der Waals surface area contributed by atoms with Crippen LogP contribution in [0.5, 0.6) is 0 Å². The van der Waals surface area contributed by atoms with Gasteiger partial charge in [-0.3, -0.25) is 14.4 Å². The highest BCUT2D eigenvalue weighted by Gasteiger charge is 2.51. The van der Waals surface area contributed by atoms with Gasteiger partial charge in [0.1, 0.15) is 0 Å². The van der Waals surface area contributed by atoms with E-state index >= 15 is 0 Å². The molecule has 0 aromatic rings. The van der Waals surface area contributed by atoms with Crippen molar-refractivity contribution in [2.24, 2.45) is 46.7 Å². The number of carbonyl (C=O) groups excluding carboxylic acids is 3. The fourth-order valence-corrected chi connectivity index (χ4v) is 6.26. The van der Waals surface area contributed by atoms with E-state index in [2.05, 4.69) is 22.5 Å². The molecular formula is C26H48N4O5. The van der Waals surface area contributed by atoms with E-state index in [-0.39, 0.29) is 55.7 Å². The molecule has 35 heavy (non-hydrogen) atoms. The van der Waals surface area contributed by atoms with Crippen molar-refractivity contribution in [3.8, 4) is 0 Å². The number of nitrogens with zero attached hydrogens (tertiary/aromatic N) is 1. The number of rotatable bonds is 15. The lowest BCUT2D eigenvalue weighted by atomic mass is 9.71. The lowest BCUT2D eigenvalue weighted by Crippen LogP contribution is -2.43. The molecule has 0 spiro atoms. The van der Waals surface area contributed by atoms with E-state index in [0.29, 0.717) is 24.8 Å². The highest BCUT2D eigenvalue weighted by Crippen LogP contribution is 2.54. The minimum absolute atomic E-state index is 0.114. The summed E-state index contributed by atoms with van der Waals surface area (Å²) < 4.78 is 0. The third-order valence-corrected chi connectivity index (χ3v) is 8.33.